The number of likely N-dealkylation sites (tertiary alicyclic amines) is 3. The lowest BCUT2D eigenvalue weighted by Crippen LogP contribution is -2.59. The number of nitrogens with zero attached hydrogens (tertiary/aromatic N) is 9. The van der Waals surface area contributed by atoms with E-state index in [9.17, 15) is 19.8 Å². The molecule has 390 valence electrons. The van der Waals surface area contributed by atoms with E-state index in [2.05, 4.69) is 84.9 Å². The molecule has 0 radical (unpaired) electrons. The predicted octanol–water partition coefficient (Wildman–Crippen LogP) is 6.91. The minimum Gasteiger partial charge on any atom is -0.378 e. The summed E-state index contributed by atoms with van der Waals surface area (Å²) in [6.07, 6.45) is 17.8. The minimum atomic E-state index is -0.893. The Bertz CT molecular complexity index is 2670. The van der Waals surface area contributed by atoms with Gasteiger partial charge in [-0.2, -0.15) is 0 Å². The average molecular weight is 996 g/mol. The SMILES string of the molecule is CC(C)n1cnc2cc(-c3ccc4c(c3)N(C3CC(N5CCCCC5)C3)C(=O)C43CCN(C(O)C4CCN(C(=O)C5CCC(N(C)c6ccc(C7CCC(=O)NC7O)cn6)CC5)CC4)CC3)nc(NC3CC3)c21. The van der Waals surface area contributed by atoms with E-state index in [-0.39, 0.29) is 53.6 Å². The zero-order valence-corrected chi connectivity index (χ0v) is 43.3. The maximum Gasteiger partial charge on any atom is 0.238 e. The van der Waals surface area contributed by atoms with Crippen LogP contribution >= 0.6 is 0 Å². The number of pyridine rings is 2. The first-order chi connectivity index (χ1) is 35.4. The number of piperidine rings is 4. The molecule has 7 fully saturated rings. The molecule has 4 saturated heterocycles. The van der Waals surface area contributed by atoms with Crippen LogP contribution in [0, 0.1) is 11.8 Å². The fraction of sp³-hybridized carbons (Fsp3) is 0.649. The van der Waals surface area contributed by atoms with Crippen LogP contribution in [0.15, 0.2) is 48.9 Å². The number of imidazole rings is 1. The van der Waals surface area contributed by atoms with Crippen molar-refractivity contribution in [2.24, 2.45) is 11.8 Å². The van der Waals surface area contributed by atoms with E-state index in [4.69, 9.17) is 15.0 Å². The van der Waals surface area contributed by atoms with Gasteiger partial charge in [0.1, 0.15) is 23.8 Å². The topological polar surface area (TPSA) is 176 Å². The summed E-state index contributed by atoms with van der Waals surface area (Å²) in [5.74, 6) is 2.05. The second kappa shape index (κ2) is 19.8. The molecular formula is C57H77N11O5. The smallest absolute Gasteiger partial charge is 0.238 e. The lowest BCUT2D eigenvalue weighted by molar-refractivity contribution is -0.140. The van der Waals surface area contributed by atoms with Crippen LogP contribution in [0.5, 0.6) is 0 Å². The summed E-state index contributed by atoms with van der Waals surface area (Å²) in [6, 6.07) is 14.5. The first-order valence-electron chi connectivity index (χ1n) is 28.2. The van der Waals surface area contributed by atoms with E-state index in [1.54, 1.807) is 0 Å². The van der Waals surface area contributed by atoms with E-state index < -0.39 is 17.9 Å². The molecule has 16 heteroatoms. The highest BCUT2D eigenvalue weighted by Crippen LogP contribution is 2.53. The van der Waals surface area contributed by atoms with Crippen molar-refractivity contribution in [2.45, 2.75) is 177 Å². The number of benzene rings is 1. The van der Waals surface area contributed by atoms with E-state index in [1.807, 2.05) is 24.7 Å². The number of aliphatic hydroxyl groups excluding tert-OH is 2. The number of fused-ring (bicyclic) bond motifs is 3. The van der Waals surface area contributed by atoms with Crippen molar-refractivity contribution in [3.8, 4) is 11.3 Å². The van der Waals surface area contributed by atoms with Crippen molar-refractivity contribution in [2.75, 3.05) is 61.4 Å². The maximum atomic E-state index is 15.3. The first kappa shape index (κ1) is 48.8. The molecule has 16 nitrogen and oxygen atoms in total. The van der Waals surface area contributed by atoms with Crippen LogP contribution in [0.1, 0.15) is 146 Å². The first-order valence-corrected chi connectivity index (χ1v) is 28.2. The molecular weight excluding hydrogens is 919 g/mol. The van der Waals surface area contributed by atoms with Crippen molar-refractivity contribution < 1.29 is 24.6 Å². The summed E-state index contributed by atoms with van der Waals surface area (Å²) < 4.78 is 2.21. The molecule has 3 aromatic heterocycles. The Balaban J connectivity index is 0.682. The standard InChI is InChI=1S/C57H77N11O5/c1-35(2)67-34-59-47-32-46(61-52(51(47)67)60-40-11-12-40)38-9-16-45-48(29-38)68(43-30-42(31-43)64-23-5-4-6-24-64)56(73)57(45)21-27-66(28-22-57)55(72)37-19-25-65(26-20-37)54(71)36-7-13-41(14-8-36)63(3)49-17-10-39(33-58-49)44-15-18-50(69)62-53(44)70/h9-10,16-17,29,32-37,40-44,53,55,70,72H,4-8,11-15,18-28,30-31H2,1-3H3,(H,60,61)(H,62,69). The van der Waals surface area contributed by atoms with Crippen LogP contribution in [0.25, 0.3) is 22.3 Å². The highest BCUT2D eigenvalue weighted by molar-refractivity contribution is 6.09. The van der Waals surface area contributed by atoms with E-state index in [0.717, 1.165) is 128 Å². The lowest BCUT2D eigenvalue weighted by atomic mass is 9.73. The molecule has 3 saturated carbocycles. The zero-order valence-electron chi connectivity index (χ0n) is 43.3. The van der Waals surface area contributed by atoms with Crippen LogP contribution in [0.3, 0.4) is 0 Å². The van der Waals surface area contributed by atoms with Crippen molar-refractivity contribution >= 4 is 46.1 Å². The molecule has 12 rings (SSSR count). The Morgan fingerprint density at radius 1 is 0.863 bits per heavy atom. The number of anilines is 3. The van der Waals surface area contributed by atoms with E-state index >= 15 is 4.79 Å². The molecule has 73 heavy (non-hydrogen) atoms. The van der Waals surface area contributed by atoms with Crippen LogP contribution in [-0.2, 0) is 19.8 Å². The number of carbonyl (C=O) groups excluding carboxylic acids is 3. The fourth-order valence-electron chi connectivity index (χ4n) is 14.1. The van der Waals surface area contributed by atoms with Gasteiger partial charge < -0.3 is 45.0 Å². The van der Waals surface area contributed by atoms with Gasteiger partial charge in [-0.25, -0.2) is 15.0 Å². The molecule has 8 heterocycles. The number of aliphatic hydroxyl groups is 2. The van der Waals surface area contributed by atoms with Gasteiger partial charge in [0.05, 0.1) is 23.0 Å². The van der Waals surface area contributed by atoms with Crippen molar-refractivity contribution in [3.63, 3.8) is 0 Å². The summed E-state index contributed by atoms with van der Waals surface area (Å²) in [4.78, 5) is 67.1. The van der Waals surface area contributed by atoms with Crippen molar-refractivity contribution in [1.29, 1.82) is 0 Å². The molecule has 8 aliphatic rings. The van der Waals surface area contributed by atoms with E-state index in [0.29, 0.717) is 63.9 Å². The second-order valence-corrected chi connectivity index (χ2v) is 23.6. The van der Waals surface area contributed by atoms with Gasteiger partial charge in [0.25, 0.3) is 0 Å². The third-order valence-corrected chi connectivity index (χ3v) is 18.9. The number of carbonyl (C=O) groups is 3. The summed E-state index contributed by atoms with van der Waals surface area (Å²) in [7, 11) is 2.07. The molecule has 3 atom stereocenters. The Hall–Kier alpha value is -5.16. The largest absolute Gasteiger partial charge is 0.378 e. The maximum absolute atomic E-state index is 15.3. The zero-order chi connectivity index (χ0) is 50.1. The summed E-state index contributed by atoms with van der Waals surface area (Å²) in [6.45, 7) is 9.31. The molecule has 3 amide bonds. The van der Waals surface area contributed by atoms with Crippen LogP contribution < -0.4 is 20.4 Å². The number of aromatic nitrogens is 4. The number of hydrogen-bond donors (Lipinski definition) is 4. The van der Waals surface area contributed by atoms with Gasteiger partial charge in [0.2, 0.25) is 17.7 Å². The molecule has 0 bridgehead atoms. The third-order valence-electron chi connectivity index (χ3n) is 18.9. The van der Waals surface area contributed by atoms with Gasteiger partial charge in [-0.1, -0.05) is 24.6 Å². The monoisotopic (exact) mass is 996 g/mol. The predicted molar refractivity (Wildman–Crippen MR) is 282 cm³/mol. The quantitative estimate of drug-likeness (QED) is 0.116. The minimum absolute atomic E-state index is 0.0112. The number of nitrogens with one attached hydrogen (secondary N) is 2. The third kappa shape index (κ3) is 9.19. The summed E-state index contributed by atoms with van der Waals surface area (Å²) in [5, 5.41) is 28.8. The lowest BCUT2D eigenvalue weighted by Gasteiger charge is -2.48. The number of amides is 3. The van der Waals surface area contributed by atoms with Crippen LogP contribution in [-0.4, -0.2) is 145 Å². The Labute approximate surface area is 430 Å². The van der Waals surface area contributed by atoms with Crippen molar-refractivity contribution in [3.05, 3.63) is 60.0 Å². The fourth-order valence-corrected chi connectivity index (χ4v) is 14.1. The van der Waals surface area contributed by atoms with Gasteiger partial charge in [0.15, 0.2) is 5.82 Å². The Morgan fingerprint density at radius 3 is 2.30 bits per heavy atom. The molecule has 1 spiro atoms. The van der Waals surface area contributed by atoms with Crippen molar-refractivity contribution in [1.82, 2.24) is 39.5 Å². The average Bonchev–Trinajstić information content (AvgIpc) is 4.07. The van der Waals surface area contributed by atoms with Crippen LogP contribution in [0.2, 0.25) is 0 Å². The van der Waals surface area contributed by atoms with Gasteiger partial charge in [-0.3, -0.25) is 19.3 Å². The summed E-state index contributed by atoms with van der Waals surface area (Å²) >= 11 is 0. The van der Waals surface area contributed by atoms with Gasteiger partial charge in [-0.15, -0.1) is 0 Å². The van der Waals surface area contributed by atoms with Gasteiger partial charge in [-0.05, 0) is 153 Å². The van der Waals surface area contributed by atoms with Crippen LogP contribution in [0.4, 0.5) is 17.3 Å². The molecule has 4 aromatic rings. The number of rotatable bonds is 12. The molecule has 3 unspecified atom stereocenters. The van der Waals surface area contributed by atoms with Gasteiger partial charge >= 0.3 is 0 Å². The Morgan fingerprint density at radius 2 is 1.62 bits per heavy atom. The molecule has 5 aliphatic heterocycles. The Kier molecular flexibility index (Phi) is 13.3. The summed E-state index contributed by atoms with van der Waals surface area (Å²) in [5.41, 5.74) is 6.32. The second-order valence-electron chi connectivity index (χ2n) is 23.6. The molecule has 4 N–H and O–H groups in total. The highest BCUT2D eigenvalue weighted by Gasteiger charge is 2.56. The molecule has 3 aliphatic carbocycles. The van der Waals surface area contributed by atoms with E-state index in [1.165, 1.54) is 19.3 Å². The normalized spacial score (nSPS) is 28.6. The number of hydrogen-bond acceptors (Lipinski definition) is 12. The van der Waals surface area contributed by atoms with Gasteiger partial charge in [0, 0.05) is 105 Å². The highest BCUT2D eigenvalue weighted by atomic mass is 16.3. The molecule has 1 aromatic carbocycles.